The number of nitrogens with one attached hydrogen (secondary N) is 1. The number of benzene rings is 1. The van der Waals surface area contributed by atoms with Gasteiger partial charge in [-0.1, -0.05) is 29.8 Å². The van der Waals surface area contributed by atoms with Gasteiger partial charge in [-0.3, -0.25) is 24.3 Å². The van der Waals surface area contributed by atoms with E-state index in [2.05, 4.69) is 31.4 Å². The summed E-state index contributed by atoms with van der Waals surface area (Å²) in [5.74, 6) is -0.0963. The average Bonchev–Trinajstić information content (AvgIpc) is 3.25. The smallest absolute Gasteiger partial charge is 0.306 e. The Hall–Kier alpha value is -2.72. The van der Waals surface area contributed by atoms with Gasteiger partial charge in [-0.05, 0) is 41.4 Å². The molecule has 11 heteroatoms. The van der Waals surface area contributed by atoms with Crippen molar-refractivity contribution < 1.29 is 9.72 Å². The first-order chi connectivity index (χ1) is 13.2. The molecule has 2 aromatic heterocycles. The molecule has 3 aromatic rings. The first-order valence-electron chi connectivity index (χ1n) is 8.16. The van der Waals surface area contributed by atoms with Crippen LogP contribution >= 0.6 is 27.5 Å². The van der Waals surface area contributed by atoms with E-state index >= 15 is 0 Å². The molecule has 0 aliphatic rings. The van der Waals surface area contributed by atoms with Crippen molar-refractivity contribution in [1.82, 2.24) is 19.6 Å². The zero-order valence-electron chi connectivity index (χ0n) is 15.0. The van der Waals surface area contributed by atoms with Gasteiger partial charge in [-0.25, -0.2) is 0 Å². The number of amides is 1. The van der Waals surface area contributed by atoms with Crippen LogP contribution in [0.2, 0.25) is 5.02 Å². The Kier molecular flexibility index (Phi) is 5.52. The van der Waals surface area contributed by atoms with E-state index in [9.17, 15) is 14.9 Å². The lowest BCUT2D eigenvalue weighted by atomic mass is 10.1. The zero-order valence-corrected chi connectivity index (χ0v) is 17.3. The predicted octanol–water partition coefficient (Wildman–Crippen LogP) is 3.83. The highest BCUT2D eigenvalue weighted by Crippen LogP contribution is 2.25. The number of carbonyl (C=O) groups excluding carboxylic acids is 1. The van der Waals surface area contributed by atoms with E-state index in [1.807, 2.05) is 18.2 Å². The quantitative estimate of drug-likeness (QED) is 0.438. The van der Waals surface area contributed by atoms with Crippen molar-refractivity contribution in [3.05, 3.63) is 68.0 Å². The molecule has 0 bridgehead atoms. The molecule has 2 heterocycles. The van der Waals surface area contributed by atoms with Crippen molar-refractivity contribution in [2.45, 2.75) is 25.9 Å². The van der Waals surface area contributed by atoms with Gasteiger partial charge in [0.05, 0.1) is 15.9 Å². The number of nitrogens with zero attached hydrogens (tertiary/aromatic N) is 5. The summed E-state index contributed by atoms with van der Waals surface area (Å²) < 4.78 is 3.48. The van der Waals surface area contributed by atoms with E-state index in [0.29, 0.717) is 21.9 Å². The number of aromatic nitrogens is 4. The molecule has 0 atom stereocenters. The van der Waals surface area contributed by atoms with Gasteiger partial charge >= 0.3 is 5.69 Å². The summed E-state index contributed by atoms with van der Waals surface area (Å²) >= 11 is 9.56. The SMILES string of the molecule is CC(C)(C(=O)Nc1nn(Cc2ccccc2Cl)cc1Br)n1cc([N+](=O)[O-])cn1. The van der Waals surface area contributed by atoms with E-state index in [1.54, 1.807) is 30.8 Å². The van der Waals surface area contributed by atoms with E-state index < -0.39 is 16.4 Å². The number of anilines is 1. The Morgan fingerprint density at radius 1 is 1.36 bits per heavy atom. The third-order valence-electron chi connectivity index (χ3n) is 4.15. The van der Waals surface area contributed by atoms with Gasteiger partial charge in [0.1, 0.15) is 17.9 Å². The van der Waals surface area contributed by atoms with Gasteiger partial charge in [0.2, 0.25) is 0 Å². The molecule has 3 rings (SSSR count). The molecule has 0 unspecified atom stereocenters. The molecule has 146 valence electrons. The Morgan fingerprint density at radius 3 is 2.71 bits per heavy atom. The molecule has 9 nitrogen and oxygen atoms in total. The molecule has 0 saturated carbocycles. The highest BCUT2D eigenvalue weighted by atomic mass is 79.9. The standard InChI is InChI=1S/C17H16BrClN6O3/c1-17(2,24-9-12(7-20-24)25(27)28)16(26)21-15-13(18)10-23(22-15)8-11-5-3-4-6-14(11)19/h3-7,9-10H,8H2,1-2H3,(H,21,22,26). The first kappa shape index (κ1) is 20.0. The van der Waals surface area contributed by atoms with Crippen LogP contribution in [-0.2, 0) is 16.9 Å². The fourth-order valence-electron chi connectivity index (χ4n) is 2.44. The van der Waals surface area contributed by atoms with Gasteiger partial charge in [0.25, 0.3) is 5.91 Å². The monoisotopic (exact) mass is 466 g/mol. The Bertz CT molecular complexity index is 1050. The number of halogens is 2. The summed E-state index contributed by atoms with van der Waals surface area (Å²) in [6, 6.07) is 7.42. The van der Waals surface area contributed by atoms with Crippen LogP contribution in [-0.4, -0.2) is 30.4 Å². The highest BCUT2D eigenvalue weighted by Gasteiger charge is 2.33. The van der Waals surface area contributed by atoms with Crippen LogP contribution in [0.15, 0.2) is 47.3 Å². The fourth-order valence-corrected chi connectivity index (χ4v) is 3.05. The molecule has 1 N–H and O–H groups in total. The molecule has 0 aliphatic heterocycles. The molecule has 1 aromatic carbocycles. The van der Waals surface area contributed by atoms with Gasteiger partial charge in [0.15, 0.2) is 5.82 Å². The lowest BCUT2D eigenvalue weighted by Gasteiger charge is -2.23. The summed E-state index contributed by atoms with van der Waals surface area (Å²) in [4.78, 5) is 23.0. The summed E-state index contributed by atoms with van der Waals surface area (Å²) in [6.45, 7) is 3.64. The van der Waals surface area contributed by atoms with Crippen molar-refractivity contribution in [2.75, 3.05) is 5.32 Å². The third-order valence-corrected chi connectivity index (χ3v) is 5.10. The molecule has 1 amide bonds. The number of hydrogen-bond donors (Lipinski definition) is 1. The first-order valence-corrected chi connectivity index (χ1v) is 9.33. The van der Waals surface area contributed by atoms with Gasteiger partial charge in [-0.15, -0.1) is 0 Å². The highest BCUT2D eigenvalue weighted by molar-refractivity contribution is 9.10. The predicted molar refractivity (Wildman–Crippen MR) is 107 cm³/mol. The Morgan fingerprint density at radius 2 is 2.07 bits per heavy atom. The van der Waals surface area contributed by atoms with Crippen molar-refractivity contribution >= 4 is 44.9 Å². The zero-order chi connectivity index (χ0) is 20.5. The van der Waals surface area contributed by atoms with Gasteiger partial charge in [-0.2, -0.15) is 10.2 Å². The molecule has 0 aliphatic carbocycles. The maximum Gasteiger partial charge on any atom is 0.307 e. The summed E-state index contributed by atoms with van der Waals surface area (Å²) in [5.41, 5.74) is -0.465. The van der Waals surface area contributed by atoms with Crippen molar-refractivity contribution in [3.8, 4) is 0 Å². The second-order valence-corrected chi connectivity index (χ2v) is 7.79. The minimum absolute atomic E-state index is 0.189. The molecule has 28 heavy (non-hydrogen) atoms. The largest absolute Gasteiger partial charge is 0.307 e. The average molecular weight is 468 g/mol. The maximum absolute atomic E-state index is 12.8. The van der Waals surface area contributed by atoms with Crippen LogP contribution in [0.25, 0.3) is 0 Å². The molecule has 0 radical (unpaired) electrons. The maximum atomic E-state index is 12.8. The topological polar surface area (TPSA) is 108 Å². The second-order valence-electron chi connectivity index (χ2n) is 6.53. The molecular weight excluding hydrogens is 452 g/mol. The van der Waals surface area contributed by atoms with Crippen molar-refractivity contribution in [2.24, 2.45) is 0 Å². The summed E-state index contributed by atoms with van der Waals surface area (Å²) in [5, 5.41) is 22.5. The van der Waals surface area contributed by atoms with Crippen LogP contribution in [0.3, 0.4) is 0 Å². The molecule has 0 spiro atoms. The van der Waals surface area contributed by atoms with Crippen molar-refractivity contribution in [3.63, 3.8) is 0 Å². The van der Waals surface area contributed by atoms with E-state index in [1.165, 1.54) is 10.9 Å². The van der Waals surface area contributed by atoms with Gasteiger partial charge in [0, 0.05) is 11.2 Å². The summed E-state index contributed by atoms with van der Waals surface area (Å²) in [7, 11) is 0. The minimum atomic E-state index is -1.17. The van der Waals surface area contributed by atoms with E-state index in [-0.39, 0.29) is 5.69 Å². The lowest BCUT2D eigenvalue weighted by molar-refractivity contribution is -0.385. The Labute approximate surface area is 173 Å². The second kappa shape index (κ2) is 7.72. The van der Waals surface area contributed by atoms with E-state index in [0.717, 1.165) is 11.8 Å². The third kappa shape index (κ3) is 4.07. The normalized spacial score (nSPS) is 11.4. The summed E-state index contributed by atoms with van der Waals surface area (Å²) in [6.07, 6.45) is 4.04. The number of nitro groups is 1. The van der Waals surface area contributed by atoms with Crippen LogP contribution in [0, 0.1) is 10.1 Å². The number of carbonyl (C=O) groups is 1. The minimum Gasteiger partial charge on any atom is -0.306 e. The van der Waals surface area contributed by atoms with Gasteiger partial charge < -0.3 is 5.32 Å². The fraction of sp³-hybridized carbons (Fsp3) is 0.235. The van der Waals surface area contributed by atoms with Crippen LogP contribution in [0.1, 0.15) is 19.4 Å². The number of hydrogen-bond acceptors (Lipinski definition) is 5. The number of rotatable bonds is 6. The van der Waals surface area contributed by atoms with Crippen LogP contribution < -0.4 is 5.32 Å². The van der Waals surface area contributed by atoms with Crippen molar-refractivity contribution in [1.29, 1.82) is 0 Å². The molecule has 0 saturated heterocycles. The van der Waals surface area contributed by atoms with Crippen LogP contribution in [0.4, 0.5) is 11.5 Å². The van der Waals surface area contributed by atoms with Crippen LogP contribution in [0.5, 0.6) is 0 Å². The Balaban J connectivity index is 1.77. The lowest BCUT2D eigenvalue weighted by Crippen LogP contribution is -2.40. The molecule has 0 fully saturated rings. The molecular formula is C17H16BrClN6O3. The van der Waals surface area contributed by atoms with E-state index in [4.69, 9.17) is 11.6 Å².